The number of amides is 3. The molecule has 6 nitrogen and oxygen atoms in total. The van der Waals surface area contributed by atoms with Gasteiger partial charge in [-0.1, -0.05) is 12.1 Å². The van der Waals surface area contributed by atoms with Crippen LogP contribution < -0.4 is 5.32 Å². The minimum absolute atomic E-state index is 0.159. The van der Waals surface area contributed by atoms with Gasteiger partial charge >= 0.3 is 0 Å². The van der Waals surface area contributed by atoms with Crippen molar-refractivity contribution in [3.8, 4) is 11.3 Å². The second kappa shape index (κ2) is 5.81. The van der Waals surface area contributed by atoms with E-state index in [9.17, 15) is 14.4 Å². The number of nitrogens with one attached hydrogen (secondary N) is 1. The van der Waals surface area contributed by atoms with E-state index >= 15 is 0 Å². The van der Waals surface area contributed by atoms with Crippen LogP contribution in [0.1, 0.15) is 34.5 Å². The van der Waals surface area contributed by atoms with Crippen molar-refractivity contribution in [3.05, 3.63) is 53.2 Å². The van der Waals surface area contributed by atoms with Crippen LogP contribution in [0.15, 0.2) is 36.4 Å². The monoisotopic (exact) mass is 335 g/mol. The van der Waals surface area contributed by atoms with E-state index in [-0.39, 0.29) is 18.2 Å². The highest BCUT2D eigenvalue weighted by molar-refractivity contribution is 6.05. The van der Waals surface area contributed by atoms with E-state index in [2.05, 4.69) is 10.3 Å². The Bertz CT molecular complexity index is 907. The Hall–Kier alpha value is -3.02. The number of aryl methyl sites for hydroxylation is 1. The number of pyridine rings is 1. The third kappa shape index (κ3) is 2.69. The van der Waals surface area contributed by atoms with Crippen LogP contribution in [0.25, 0.3) is 11.3 Å². The number of carbonyl (C=O) groups excluding carboxylic acids is 3. The zero-order chi connectivity index (χ0) is 17.6. The second-order valence-corrected chi connectivity index (χ2v) is 6.44. The standard InChI is InChI=1S/C19H17N3O3/c1-11-3-2-4-15(20-11)12-5-6-14-13(9-12)10-22(19(14)25)16-7-8-17(23)21-18(16)24/h2-6,9,16H,7-8,10H2,1H3,(H,21,23,24). The third-order valence-corrected chi connectivity index (χ3v) is 4.71. The van der Waals surface area contributed by atoms with Gasteiger partial charge in [-0.2, -0.15) is 0 Å². The maximum Gasteiger partial charge on any atom is 0.255 e. The number of hydrogen-bond donors (Lipinski definition) is 1. The summed E-state index contributed by atoms with van der Waals surface area (Å²) >= 11 is 0. The first-order chi connectivity index (χ1) is 12.0. The van der Waals surface area contributed by atoms with Gasteiger partial charge < -0.3 is 4.90 Å². The molecule has 3 heterocycles. The predicted molar refractivity (Wildman–Crippen MR) is 90.5 cm³/mol. The van der Waals surface area contributed by atoms with Gasteiger partial charge in [-0.3, -0.25) is 24.7 Å². The lowest BCUT2D eigenvalue weighted by Gasteiger charge is -2.29. The average Bonchev–Trinajstić information content (AvgIpc) is 2.91. The van der Waals surface area contributed by atoms with E-state index in [0.29, 0.717) is 18.5 Å². The molecule has 2 aliphatic heterocycles. The predicted octanol–water partition coefficient (Wildman–Crippen LogP) is 1.82. The van der Waals surface area contributed by atoms with Crippen molar-refractivity contribution in [1.29, 1.82) is 0 Å². The molecule has 0 spiro atoms. The van der Waals surface area contributed by atoms with Gasteiger partial charge in [0.2, 0.25) is 11.8 Å². The maximum absolute atomic E-state index is 12.7. The van der Waals surface area contributed by atoms with E-state index in [0.717, 1.165) is 22.5 Å². The second-order valence-electron chi connectivity index (χ2n) is 6.44. The molecule has 2 aliphatic rings. The summed E-state index contributed by atoms with van der Waals surface area (Å²) in [4.78, 5) is 42.1. The van der Waals surface area contributed by atoms with Gasteiger partial charge in [0.25, 0.3) is 5.91 Å². The largest absolute Gasteiger partial charge is 0.322 e. The molecular weight excluding hydrogens is 318 g/mol. The van der Waals surface area contributed by atoms with E-state index in [1.807, 2.05) is 37.3 Å². The smallest absolute Gasteiger partial charge is 0.255 e. The third-order valence-electron chi connectivity index (χ3n) is 4.71. The fourth-order valence-corrected chi connectivity index (χ4v) is 3.44. The van der Waals surface area contributed by atoms with Crippen molar-refractivity contribution < 1.29 is 14.4 Å². The Morgan fingerprint density at radius 2 is 2.00 bits per heavy atom. The van der Waals surface area contributed by atoms with Crippen LogP contribution in [-0.2, 0) is 16.1 Å². The molecule has 3 amide bonds. The molecule has 0 aliphatic carbocycles. The normalized spacial score (nSPS) is 19.8. The topological polar surface area (TPSA) is 79.4 Å². The summed E-state index contributed by atoms with van der Waals surface area (Å²) in [6.45, 7) is 2.31. The lowest BCUT2D eigenvalue weighted by molar-refractivity contribution is -0.136. The summed E-state index contributed by atoms with van der Waals surface area (Å²) in [6.07, 6.45) is 0.631. The molecule has 0 radical (unpaired) electrons. The summed E-state index contributed by atoms with van der Waals surface area (Å²) in [5.41, 5.74) is 4.23. The molecule has 6 heteroatoms. The van der Waals surface area contributed by atoms with Crippen LogP contribution >= 0.6 is 0 Å². The Balaban J connectivity index is 1.63. The Morgan fingerprint density at radius 3 is 2.76 bits per heavy atom. The van der Waals surface area contributed by atoms with Crippen LogP contribution in [0.3, 0.4) is 0 Å². The molecule has 25 heavy (non-hydrogen) atoms. The molecule has 4 rings (SSSR count). The van der Waals surface area contributed by atoms with Gasteiger partial charge in [0.05, 0.1) is 5.69 Å². The molecular formula is C19H17N3O3. The molecule has 1 atom stereocenters. The van der Waals surface area contributed by atoms with Crippen molar-refractivity contribution in [2.75, 3.05) is 0 Å². The first-order valence-electron chi connectivity index (χ1n) is 8.24. The number of fused-ring (bicyclic) bond motifs is 1. The minimum atomic E-state index is -0.585. The minimum Gasteiger partial charge on any atom is -0.322 e. The Kier molecular flexibility index (Phi) is 3.60. The SMILES string of the molecule is Cc1cccc(-c2ccc3c(c2)CN(C2CCC(=O)NC2=O)C3=O)n1. The summed E-state index contributed by atoms with van der Waals surface area (Å²) < 4.78 is 0. The van der Waals surface area contributed by atoms with Crippen molar-refractivity contribution in [2.45, 2.75) is 32.4 Å². The number of rotatable bonds is 2. The first kappa shape index (κ1) is 15.5. The van der Waals surface area contributed by atoms with Crippen molar-refractivity contribution in [3.63, 3.8) is 0 Å². The van der Waals surface area contributed by atoms with E-state index in [4.69, 9.17) is 0 Å². The maximum atomic E-state index is 12.7. The molecule has 1 saturated heterocycles. The molecule has 1 aromatic heterocycles. The summed E-state index contributed by atoms with van der Waals surface area (Å²) in [7, 11) is 0. The van der Waals surface area contributed by atoms with Crippen LogP contribution in [0, 0.1) is 6.92 Å². The highest BCUT2D eigenvalue weighted by atomic mass is 16.2. The molecule has 1 fully saturated rings. The number of benzene rings is 1. The van der Waals surface area contributed by atoms with Gasteiger partial charge in [-0.15, -0.1) is 0 Å². The molecule has 0 bridgehead atoms. The summed E-state index contributed by atoms with van der Waals surface area (Å²) in [5.74, 6) is -0.829. The molecule has 2 aromatic rings. The number of nitrogens with zero attached hydrogens (tertiary/aromatic N) is 2. The lowest BCUT2D eigenvalue weighted by Crippen LogP contribution is -2.52. The quantitative estimate of drug-likeness (QED) is 0.849. The highest BCUT2D eigenvalue weighted by Crippen LogP contribution is 2.30. The van der Waals surface area contributed by atoms with Crippen molar-refractivity contribution >= 4 is 17.7 Å². The Labute approximate surface area is 144 Å². The number of carbonyl (C=O) groups is 3. The van der Waals surface area contributed by atoms with Crippen LogP contribution in [-0.4, -0.2) is 33.6 Å². The number of hydrogen-bond acceptors (Lipinski definition) is 4. The number of piperidine rings is 1. The van der Waals surface area contributed by atoms with E-state index < -0.39 is 11.9 Å². The van der Waals surface area contributed by atoms with Gasteiger partial charge in [0, 0.05) is 29.8 Å². The molecule has 1 N–H and O–H groups in total. The van der Waals surface area contributed by atoms with Gasteiger partial charge in [-0.25, -0.2) is 0 Å². The van der Waals surface area contributed by atoms with E-state index in [1.165, 1.54) is 0 Å². The summed E-state index contributed by atoms with van der Waals surface area (Å²) in [6, 6.07) is 10.9. The molecule has 0 saturated carbocycles. The number of imide groups is 1. The fraction of sp³-hybridized carbons (Fsp3) is 0.263. The van der Waals surface area contributed by atoms with Crippen LogP contribution in [0.5, 0.6) is 0 Å². The van der Waals surface area contributed by atoms with Crippen molar-refractivity contribution in [1.82, 2.24) is 15.2 Å². The zero-order valence-electron chi connectivity index (χ0n) is 13.8. The van der Waals surface area contributed by atoms with E-state index in [1.54, 1.807) is 11.0 Å². The van der Waals surface area contributed by atoms with Crippen molar-refractivity contribution in [2.24, 2.45) is 0 Å². The Morgan fingerprint density at radius 1 is 1.16 bits per heavy atom. The average molecular weight is 335 g/mol. The zero-order valence-corrected chi connectivity index (χ0v) is 13.8. The first-order valence-corrected chi connectivity index (χ1v) is 8.24. The lowest BCUT2D eigenvalue weighted by atomic mass is 10.0. The number of aromatic nitrogens is 1. The van der Waals surface area contributed by atoms with Crippen LogP contribution in [0.4, 0.5) is 0 Å². The summed E-state index contributed by atoms with van der Waals surface area (Å²) in [5, 5.41) is 2.32. The van der Waals surface area contributed by atoms with Gasteiger partial charge in [0.15, 0.2) is 0 Å². The van der Waals surface area contributed by atoms with Gasteiger partial charge in [-0.05, 0) is 43.2 Å². The molecule has 1 unspecified atom stereocenters. The highest BCUT2D eigenvalue weighted by Gasteiger charge is 2.39. The van der Waals surface area contributed by atoms with Gasteiger partial charge in [0.1, 0.15) is 6.04 Å². The van der Waals surface area contributed by atoms with Crippen LogP contribution in [0.2, 0.25) is 0 Å². The molecule has 126 valence electrons. The fourth-order valence-electron chi connectivity index (χ4n) is 3.44. The molecule has 1 aromatic carbocycles.